The fraction of sp³-hybridized carbons (Fsp3) is 1.00. The molecule has 0 aromatic carbocycles. The van der Waals surface area contributed by atoms with Crippen molar-refractivity contribution in [3.63, 3.8) is 0 Å². The molecule has 7 saturated heterocycles. The topological polar surface area (TPSA) is 232 Å². The molecule has 330 valence electrons. The van der Waals surface area contributed by atoms with Gasteiger partial charge in [-0.15, -0.1) is 0 Å². The SMILES string of the molecule is CCC1O[C@@H](O[C@H]2C(C)[C@H](C)[C@@H]3OC[C@@H]2O3)[C@H](C)C(C)[C@H]1O[C@@H]1OC(CO)[C@H](O[C@H]2O[C@H](CO)[C@@H](O[C@H]3O[C@H]4COC(C)O[C@H]4C(O)C3O)C(O)C2O)C(C)[C@H]1C. The highest BCUT2D eigenvalue weighted by Crippen LogP contribution is 2.44. The molecule has 0 saturated carbocycles. The van der Waals surface area contributed by atoms with Crippen LogP contribution in [0.2, 0.25) is 0 Å². The Labute approximate surface area is 334 Å². The van der Waals surface area contributed by atoms with E-state index in [1.54, 1.807) is 6.92 Å². The smallest absolute Gasteiger partial charge is 0.187 e. The van der Waals surface area contributed by atoms with E-state index in [1.807, 2.05) is 20.8 Å². The Balaban J connectivity index is 0.968. The maximum Gasteiger partial charge on any atom is 0.187 e. The van der Waals surface area contributed by atoms with Crippen LogP contribution in [0.5, 0.6) is 0 Å². The highest BCUT2D eigenvalue weighted by molar-refractivity contribution is 4.98. The maximum absolute atomic E-state index is 11.3. The Bertz CT molecular complexity index is 1290. The lowest BCUT2D eigenvalue weighted by Gasteiger charge is -2.51. The molecule has 10 unspecified atom stereocenters. The molecule has 0 aromatic rings. The normalized spacial score (nSPS) is 55.7. The van der Waals surface area contributed by atoms with Gasteiger partial charge in [0.05, 0.1) is 50.8 Å². The van der Waals surface area contributed by atoms with Crippen LogP contribution in [-0.4, -0.2) is 180 Å². The van der Waals surface area contributed by atoms with Crippen LogP contribution in [0.25, 0.3) is 0 Å². The molecule has 7 aliphatic rings. The van der Waals surface area contributed by atoms with E-state index in [9.17, 15) is 30.6 Å². The van der Waals surface area contributed by atoms with Gasteiger partial charge in [0.2, 0.25) is 0 Å². The standard InChI is InChI=1S/C39H66O18/c1-9-21-30(15(3)18(6)36(49-21)55-32-14(2)17(5)35-47-13-24(32)52-35)54-37-19(7)16(4)31(22(10-40)50-37)56-38-28(44)26(42)33(23(11-41)51-38)57-39-29(45)27(43)34-25(53-39)12-46-20(8)48-34/h14-45H,9-13H2,1-8H3/t14?,15?,16?,17-,18+,19+,20?,21?,22?,23+,24-,25-,26?,27?,28?,29?,30+,31+,32-,33+,34+,35+,36-,37-,38+,39+/m0/s1. The first-order valence-corrected chi connectivity index (χ1v) is 20.9. The molecule has 0 radical (unpaired) electrons. The lowest BCUT2D eigenvalue weighted by atomic mass is 9.81. The second-order valence-electron chi connectivity index (χ2n) is 17.3. The van der Waals surface area contributed by atoms with Gasteiger partial charge in [-0.1, -0.05) is 48.5 Å². The molecule has 0 amide bonds. The van der Waals surface area contributed by atoms with Crippen molar-refractivity contribution >= 4 is 0 Å². The average molecular weight is 823 g/mol. The van der Waals surface area contributed by atoms with Crippen molar-refractivity contribution in [3.05, 3.63) is 0 Å². The summed E-state index contributed by atoms with van der Waals surface area (Å²) in [4.78, 5) is 0. The van der Waals surface area contributed by atoms with E-state index in [2.05, 4.69) is 27.7 Å². The summed E-state index contributed by atoms with van der Waals surface area (Å²) >= 11 is 0. The molecule has 57 heavy (non-hydrogen) atoms. The van der Waals surface area contributed by atoms with Gasteiger partial charge >= 0.3 is 0 Å². The van der Waals surface area contributed by atoms with E-state index >= 15 is 0 Å². The molecule has 7 fully saturated rings. The molecule has 18 nitrogen and oxygen atoms in total. The first-order chi connectivity index (χ1) is 27.2. The molecule has 2 bridgehead atoms. The van der Waals surface area contributed by atoms with Crippen molar-refractivity contribution in [2.24, 2.45) is 35.5 Å². The number of ether oxygens (including phenoxy) is 12. The summed E-state index contributed by atoms with van der Waals surface area (Å²) in [5.41, 5.74) is 0. The van der Waals surface area contributed by atoms with Crippen LogP contribution in [0.3, 0.4) is 0 Å². The van der Waals surface area contributed by atoms with Crippen LogP contribution < -0.4 is 0 Å². The minimum Gasteiger partial charge on any atom is -0.394 e. The second kappa shape index (κ2) is 18.3. The first kappa shape index (κ1) is 44.3. The summed E-state index contributed by atoms with van der Waals surface area (Å²) < 4.78 is 73.4. The van der Waals surface area contributed by atoms with Crippen molar-refractivity contribution in [1.82, 2.24) is 0 Å². The maximum atomic E-state index is 11.3. The zero-order valence-corrected chi connectivity index (χ0v) is 34.1. The quantitative estimate of drug-likeness (QED) is 0.156. The highest BCUT2D eigenvalue weighted by atomic mass is 16.8. The average Bonchev–Trinajstić information content (AvgIpc) is 3.66. The van der Waals surface area contributed by atoms with E-state index in [1.165, 1.54) is 0 Å². The molecule has 0 aliphatic carbocycles. The molecule has 0 aromatic heterocycles. The number of fused-ring (bicyclic) bond motifs is 3. The van der Waals surface area contributed by atoms with Gasteiger partial charge in [0, 0.05) is 17.8 Å². The molecular weight excluding hydrogens is 756 g/mol. The van der Waals surface area contributed by atoms with E-state index in [4.69, 9.17) is 56.8 Å². The van der Waals surface area contributed by atoms with Gasteiger partial charge in [0.1, 0.15) is 61.0 Å². The third-order valence-corrected chi connectivity index (χ3v) is 13.8. The summed E-state index contributed by atoms with van der Waals surface area (Å²) in [6.07, 6.45) is -17.6. The van der Waals surface area contributed by atoms with Gasteiger partial charge in [-0.3, -0.25) is 0 Å². The van der Waals surface area contributed by atoms with Crippen LogP contribution in [0, 0.1) is 35.5 Å². The fourth-order valence-electron chi connectivity index (χ4n) is 9.48. The molecule has 7 aliphatic heterocycles. The van der Waals surface area contributed by atoms with Crippen molar-refractivity contribution < 1.29 is 87.5 Å². The minimum atomic E-state index is -1.69. The predicted molar refractivity (Wildman–Crippen MR) is 193 cm³/mol. The monoisotopic (exact) mass is 822 g/mol. The number of aliphatic hydroxyl groups is 6. The molecule has 7 heterocycles. The van der Waals surface area contributed by atoms with Crippen molar-refractivity contribution in [1.29, 1.82) is 0 Å². The Hall–Kier alpha value is -0.720. The van der Waals surface area contributed by atoms with Crippen LogP contribution in [0.1, 0.15) is 61.8 Å². The van der Waals surface area contributed by atoms with E-state index in [-0.39, 0.29) is 72.8 Å². The van der Waals surface area contributed by atoms with Gasteiger partial charge < -0.3 is 87.5 Å². The Morgan fingerprint density at radius 2 is 0.947 bits per heavy atom. The first-order valence-electron chi connectivity index (χ1n) is 20.9. The summed E-state index contributed by atoms with van der Waals surface area (Å²) in [5, 5.41) is 65.0. The van der Waals surface area contributed by atoms with Crippen LogP contribution in [0.4, 0.5) is 0 Å². The van der Waals surface area contributed by atoms with E-state index in [0.717, 1.165) is 0 Å². The molecule has 0 spiro atoms. The van der Waals surface area contributed by atoms with Gasteiger partial charge in [-0.25, -0.2) is 0 Å². The largest absolute Gasteiger partial charge is 0.394 e. The van der Waals surface area contributed by atoms with E-state index in [0.29, 0.717) is 13.0 Å². The fourth-order valence-corrected chi connectivity index (χ4v) is 9.48. The zero-order valence-electron chi connectivity index (χ0n) is 34.1. The predicted octanol–water partition coefficient (Wildman–Crippen LogP) is -0.402. The van der Waals surface area contributed by atoms with Gasteiger partial charge in [-0.2, -0.15) is 0 Å². The highest BCUT2D eigenvalue weighted by Gasteiger charge is 2.55. The molecule has 6 N–H and O–H groups in total. The van der Waals surface area contributed by atoms with Crippen LogP contribution in [0.15, 0.2) is 0 Å². The van der Waals surface area contributed by atoms with Gasteiger partial charge in [0.15, 0.2) is 37.7 Å². The Morgan fingerprint density at radius 1 is 0.456 bits per heavy atom. The molecular formula is C39H66O18. The number of hydrogen-bond donors (Lipinski definition) is 6. The minimum absolute atomic E-state index is 0.0156. The lowest BCUT2D eigenvalue weighted by Crippen LogP contribution is -2.66. The number of rotatable bonds is 11. The van der Waals surface area contributed by atoms with Crippen LogP contribution in [-0.2, 0) is 56.8 Å². The summed E-state index contributed by atoms with van der Waals surface area (Å²) in [6, 6.07) is 0. The second-order valence-corrected chi connectivity index (χ2v) is 17.3. The van der Waals surface area contributed by atoms with Gasteiger partial charge in [-0.05, 0) is 31.1 Å². The van der Waals surface area contributed by atoms with Crippen LogP contribution >= 0.6 is 0 Å². The molecule has 7 rings (SSSR count). The summed E-state index contributed by atoms with van der Waals surface area (Å²) in [6.45, 7) is 15.6. The third-order valence-electron chi connectivity index (χ3n) is 13.8. The van der Waals surface area contributed by atoms with Gasteiger partial charge in [0.25, 0.3) is 0 Å². The van der Waals surface area contributed by atoms with Crippen molar-refractivity contribution in [2.45, 2.75) is 185 Å². The number of aliphatic hydroxyl groups excluding tert-OH is 6. The lowest BCUT2D eigenvalue weighted by molar-refractivity contribution is -0.391. The molecule has 26 atom stereocenters. The summed E-state index contributed by atoms with van der Waals surface area (Å²) in [5.74, 6) is -0.168. The zero-order chi connectivity index (χ0) is 41.0. The van der Waals surface area contributed by atoms with Crippen molar-refractivity contribution in [2.75, 3.05) is 26.4 Å². The third kappa shape index (κ3) is 8.57. The Morgan fingerprint density at radius 3 is 1.60 bits per heavy atom. The van der Waals surface area contributed by atoms with E-state index < -0.39 is 106 Å². The molecule has 18 heteroatoms. The Kier molecular flexibility index (Phi) is 14.3. The summed E-state index contributed by atoms with van der Waals surface area (Å²) in [7, 11) is 0. The van der Waals surface area contributed by atoms with Crippen molar-refractivity contribution in [3.8, 4) is 0 Å². The number of hydrogen-bond acceptors (Lipinski definition) is 18.